The zero-order valence-electron chi connectivity index (χ0n) is 11.2. The Labute approximate surface area is 109 Å². The summed E-state index contributed by atoms with van der Waals surface area (Å²) >= 11 is 0. The van der Waals surface area contributed by atoms with E-state index in [-0.39, 0.29) is 6.10 Å². The summed E-state index contributed by atoms with van der Waals surface area (Å²) in [7, 11) is 1.87. The summed E-state index contributed by atoms with van der Waals surface area (Å²) in [4.78, 5) is 4.16. The van der Waals surface area contributed by atoms with Gasteiger partial charge in [0.2, 0.25) is 0 Å². The van der Waals surface area contributed by atoms with Gasteiger partial charge in [-0.05, 0) is 12.3 Å². The van der Waals surface area contributed by atoms with Gasteiger partial charge in [-0.2, -0.15) is 5.10 Å². The molecule has 1 aliphatic carbocycles. The second kappa shape index (κ2) is 6.85. The fraction of sp³-hybridized carbons (Fsp3) is 0.846. The molecule has 2 rings (SSSR count). The van der Waals surface area contributed by atoms with Gasteiger partial charge in [-0.15, -0.1) is 0 Å². The van der Waals surface area contributed by atoms with Crippen LogP contribution in [-0.4, -0.2) is 39.1 Å². The minimum Gasteiger partial charge on any atom is -0.392 e. The molecule has 0 bridgehead atoms. The summed E-state index contributed by atoms with van der Waals surface area (Å²) in [6.45, 7) is 1.51. The zero-order chi connectivity index (χ0) is 12.8. The third kappa shape index (κ3) is 4.38. The van der Waals surface area contributed by atoms with Crippen LogP contribution in [0.25, 0.3) is 0 Å². The van der Waals surface area contributed by atoms with Crippen molar-refractivity contribution in [1.82, 2.24) is 20.1 Å². The number of aromatic nitrogens is 3. The van der Waals surface area contributed by atoms with Gasteiger partial charge in [-0.25, -0.2) is 4.98 Å². The zero-order valence-corrected chi connectivity index (χ0v) is 11.2. The molecule has 2 N–H and O–H groups in total. The van der Waals surface area contributed by atoms with E-state index in [1.807, 2.05) is 7.05 Å². The first kappa shape index (κ1) is 13.5. The largest absolute Gasteiger partial charge is 0.392 e. The topological polar surface area (TPSA) is 63.0 Å². The highest BCUT2D eigenvalue weighted by Crippen LogP contribution is 2.28. The summed E-state index contributed by atoms with van der Waals surface area (Å²) in [5.41, 5.74) is 0. The number of hydrogen-bond acceptors (Lipinski definition) is 4. The lowest BCUT2D eigenvalue weighted by atomic mass is 10.0. The second-order valence-electron chi connectivity index (χ2n) is 5.33. The number of nitrogens with one attached hydrogen (secondary N) is 1. The van der Waals surface area contributed by atoms with Crippen molar-refractivity contribution in [2.75, 3.05) is 13.1 Å². The van der Waals surface area contributed by atoms with Gasteiger partial charge in [0.05, 0.1) is 6.10 Å². The lowest BCUT2D eigenvalue weighted by Gasteiger charge is -2.15. The number of rotatable bonds is 7. The number of aliphatic hydroxyl groups is 1. The molecule has 0 aromatic carbocycles. The van der Waals surface area contributed by atoms with Crippen molar-refractivity contribution in [2.24, 2.45) is 13.0 Å². The smallest absolute Gasteiger partial charge is 0.151 e. The fourth-order valence-corrected chi connectivity index (χ4v) is 2.68. The van der Waals surface area contributed by atoms with Crippen LogP contribution in [0.2, 0.25) is 0 Å². The summed E-state index contributed by atoms with van der Waals surface area (Å²) in [5.74, 6) is 1.61. The Balaban J connectivity index is 1.54. The SMILES string of the molecule is Cn1cnc(CCNCC(O)CC2CCCC2)n1. The van der Waals surface area contributed by atoms with E-state index in [1.165, 1.54) is 25.7 Å². The molecule has 18 heavy (non-hydrogen) atoms. The normalized spacial score (nSPS) is 18.3. The van der Waals surface area contributed by atoms with E-state index in [4.69, 9.17) is 0 Å². The van der Waals surface area contributed by atoms with Crippen molar-refractivity contribution in [3.63, 3.8) is 0 Å². The molecular weight excluding hydrogens is 228 g/mol. The Morgan fingerprint density at radius 1 is 1.50 bits per heavy atom. The van der Waals surface area contributed by atoms with Gasteiger partial charge < -0.3 is 10.4 Å². The summed E-state index contributed by atoms with van der Waals surface area (Å²) in [5, 5.41) is 17.4. The molecular formula is C13H24N4O. The predicted molar refractivity (Wildman–Crippen MR) is 70.2 cm³/mol. The Bertz CT molecular complexity index is 347. The van der Waals surface area contributed by atoms with Gasteiger partial charge in [0.15, 0.2) is 5.82 Å². The molecule has 1 aromatic rings. The molecule has 1 fully saturated rings. The number of hydrogen-bond donors (Lipinski definition) is 2. The Morgan fingerprint density at radius 3 is 2.94 bits per heavy atom. The van der Waals surface area contributed by atoms with Crippen molar-refractivity contribution in [2.45, 2.75) is 44.6 Å². The van der Waals surface area contributed by atoms with E-state index in [9.17, 15) is 5.11 Å². The number of aliphatic hydroxyl groups excluding tert-OH is 1. The van der Waals surface area contributed by atoms with Crippen LogP contribution in [0.1, 0.15) is 37.9 Å². The first-order valence-corrected chi connectivity index (χ1v) is 6.97. The van der Waals surface area contributed by atoms with Gasteiger partial charge in [0.25, 0.3) is 0 Å². The molecule has 1 aliphatic rings. The molecule has 0 spiro atoms. The minimum absolute atomic E-state index is 0.204. The molecule has 1 aromatic heterocycles. The van der Waals surface area contributed by atoms with Gasteiger partial charge in [0.1, 0.15) is 6.33 Å². The van der Waals surface area contributed by atoms with Crippen molar-refractivity contribution in [3.05, 3.63) is 12.2 Å². The monoisotopic (exact) mass is 252 g/mol. The third-order valence-electron chi connectivity index (χ3n) is 3.63. The first-order valence-electron chi connectivity index (χ1n) is 6.97. The standard InChI is InChI=1S/C13H24N4O/c1-17-10-15-13(16-17)6-7-14-9-12(18)8-11-4-2-3-5-11/h10-12,14,18H,2-9H2,1H3. The predicted octanol–water partition coefficient (Wildman–Crippen LogP) is 0.888. The molecule has 0 aliphatic heterocycles. The van der Waals surface area contributed by atoms with E-state index in [0.717, 1.165) is 31.1 Å². The lowest BCUT2D eigenvalue weighted by Crippen LogP contribution is -2.29. The molecule has 0 saturated heterocycles. The second-order valence-corrected chi connectivity index (χ2v) is 5.33. The number of nitrogens with zero attached hydrogens (tertiary/aromatic N) is 3. The summed E-state index contributed by atoms with van der Waals surface area (Å²) in [6.07, 6.45) is 8.57. The van der Waals surface area contributed by atoms with Crippen LogP contribution < -0.4 is 5.32 Å². The van der Waals surface area contributed by atoms with E-state index in [0.29, 0.717) is 6.54 Å². The Hall–Kier alpha value is -0.940. The van der Waals surface area contributed by atoms with Crippen LogP contribution >= 0.6 is 0 Å². The van der Waals surface area contributed by atoms with Gasteiger partial charge in [-0.1, -0.05) is 25.7 Å². The van der Waals surface area contributed by atoms with Crippen LogP contribution in [0.5, 0.6) is 0 Å². The van der Waals surface area contributed by atoms with Crippen LogP contribution in [0.3, 0.4) is 0 Å². The summed E-state index contributed by atoms with van der Waals surface area (Å²) < 4.78 is 1.71. The van der Waals surface area contributed by atoms with E-state index >= 15 is 0 Å². The first-order chi connectivity index (χ1) is 8.74. The van der Waals surface area contributed by atoms with Crippen molar-refractivity contribution < 1.29 is 5.11 Å². The molecule has 0 amide bonds. The minimum atomic E-state index is -0.204. The highest BCUT2D eigenvalue weighted by atomic mass is 16.3. The number of aryl methyl sites for hydroxylation is 1. The Kier molecular flexibility index (Phi) is 5.13. The van der Waals surface area contributed by atoms with E-state index in [2.05, 4.69) is 15.4 Å². The van der Waals surface area contributed by atoms with Gasteiger partial charge in [0, 0.05) is 26.6 Å². The quantitative estimate of drug-likeness (QED) is 0.707. The van der Waals surface area contributed by atoms with E-state index in [1.54, 1.807) is 11.0 Å². The molecule has 5 nitrogen and oxygen atoms in total. The van der Waals surface area contributed by atoms with Crippen molar-refractivity contribution >= 4 is 0 Å². The van der Waals surface area contributed by atoms with Crippen molar-refractivity contribution in [3.8, 4) is 0 Å². The highest BCUT2D eigenvalue weighted by Gasteiger charge is 2.18. The van der Waals surface area contributed by atoms with Crippen LogP contribution in [0, 0.1) is 5.92 Å². The van der Waals surface area contributed by atoms with Crippen LogP contribution in [0.4, 0.5) is 0 Å². The summed E-state index contributed by atoms with van der Waals surface area (Å²) in [6, 6.07) is 0. The molecule has 1 saturated carbocycles. The van der Waals surface area contributed by atoms with Gasteiger partial charge in [-0.3, -0.25) is 4.68 Å². The van der Waals surface area contributed by atoms with Gasteiger partial charge >= 0.3 is 0 Å². The molecule has 1 heterocycles. The fourth-order valence-electron chi connectivity index (χ4n) is 2.68. The lowest BCUT2D eigenvalue weighted by molar-refractivity contribution is 0.141. The van der Waals surface area contributed by atoms with E-state index < -0.39 is 0 Å². The average Bonchev–Trinajstić information content (AvgIpc) is 2.96. The maximum Gasteiger partial charge on any atom is 0.151 e. The van der Waals surface area contributed by atoms with Crippen LogP contribution in [0.15, 0.2) is 6.33 Å². The maximum absolute atomic E-state index is 9.91. The Morgan fingerprint density at radius 2 is 2.28 bits per heavy atom. The van der Waals surface area contributed by atoms with Crippen molar-refractivity contribution in [1.29, 1.82) is 0 Å². The molecule has 0 radical (unpaired) electrons. The maximum atomic E-state index is 9.91. The average molecular weight is 252 g/mol. The van der Waals surface area contributed by atoms with Crippen LogP contribution in [-0.2, 0) is 13.5 Å². The molecule has 102 valence electrons. The molecule has 1 unspecified atom stereocenters. The molecule has 1 atom stereocenters. The molecule has 5 heteroatoms. The third-order valence-corrected chi connectivity index (χ3v) is 3.63. The highest BCUT2D eigenvalue weighted by molar-refractivity contribution is 4.82.